The number of rotatable bonds is 5. The first-order chi connectivity index (χ1) is 16.2. The lowest BCUT2D eigenvalue weighted by Gasteiger charge is -2.11. The van der Waals surface area contributed by atoms with Crippen LogP contribution in [0.1, 0.15) is 11.3 Å². The fourth-order valence-electron chi connectivity index (χ4n) is 2.89. The number of aromatic amines is 2. The summed E-state index contributed by atoms with van der Waals surface area (Å²) in [6, 6.07) is 13.6. The Bertz CT molecular complexity index is 1490. The number of aromatic nitrogens is 5. The second-order valence-corrected chi connectivity index (χ2v) is 7.34. The molecule has 174 valence electrons. The molecule has 13 heteroatoms. The van der Waals surface area contributed by atoms with E-state index in [-0.39, 0.29) is 17.9 Å². The Morgan fingerprint density at radius 2 is 1.71 bits per heavy atom. The predicted octanol–water partition coefficient (Wildman–Crippen LogP) is 3.40. The summed E-state index contributed by atoms with van der Waals surface area (Å²) in [6.07, 6.45) is -3.63. The number of hydrogen-bond donors (Lipinski definition) is 2. The van der Waals surface area contributed by atoms with Gasteiger partial charge in [-0.05, 0) is 42.0 Å². The van der Waals surface area contributed by atoms with Gasteiger partial charge in [-0.1, -0.05) is 23.7 Å². The number of nitrogens with zero attached hydrogens (tertiary/aromatic N) is 4. The molecule has 4 rings (SSSR count). The van der Waals surface area contributed by atoms with Crippen LogP contribution in [0.3, 0.4) is 0 Å². The van der Waals surface area contributed by atoms with Crippen LogP contribution < -0.4 is 21.5 Å². The molecule has 0 fully saturated rings. The van der Waals surface area contributed by atoms with Crippen molar-refractivity contribution in [3.8, 4) is 11.5 Å². The minimum absolute atomic E-state index is 0.194. The third-order valence-corrected chi connectivity index (χ3v) is 4.69. The molecule has 0 aliphatic rings. The molecule has 9 nitrogen and oxygen atoms in total. The number of ether oxygens (including phenoxy) is 1. The second-order valence-electron chi connectivity index (χ2n) is 6.90. The minimum atomic E-state index is -4.94. The van der Waals surface area contributed by atoms with Crippen molar-refractivity contribution in [1.29, 1.82) is 0 Å². The summed E-state index contributed by atoms with van der Waals surface area (Å²) in [7, 11) is 0. The number of H-pyrrole nitrogens is 2. The molecule has 4 aromatic rings. The first kappa shape index (κ1) is 23.0. The van der Waals surface area contributed by atoms with E-state index in [9.17, 15) is 22.8 Å². The van der Waals surface area contributed by atoms with Crippen LogP contribution in [-0.4, -0.2) is 25.0 Å². The van der Waals surface area contributed by atoms with Crippen molar-refractivity contribution < 1.29 is 17.9 Å². The molecule has 0 atom stereocenters. The van der Waals surface area contributed by atoms with E-state index >= 15 is 0 Å². The maximum atomic E-state index is 13.2. The van der Waals surface area contributed by atoms with Crippen LogP contribution in [0.25, 0.3) is 0 Å². The summed E-state index contributed by atoms with van der Waals surface area (Å²) in [5.74, 6) is 0.574. The van der Waals surface area contributed by atoms with E-state index in [1.807, 2.05) is 0 Å². The summed E-state index contributed by atoms with van der Waals surface area (Å²) in [5.41, 5.74) is -2.73. The molecule has 0 unspecified atom stereocenters. The van der Waals surface area contributed by atoms with Crippen LogP contribution in [0.4, 0.5) is 18.9 Å². The summed E-state index contributed by atoms with van der Waals surface area (Å²) in [5, 5.41) is 11.7. The van der Waals surface area contributed by atoms with E-state index in [0.29, 0.717) is 22.0 Å². The van der Waals surface area contributed by atoms with Gasteiger partial charge in [-0.2, -0.15) is 23.4 Å². The van der Waals surface area contributed by atoms with Gasteiger partial charge in [-0.3, -0.25) is 14.2 Å². The first-order valence-electron chi connectivity index (χ1n) is 9.57. The number of benzene rings is 2. The molecule has 2 aromatic heterocycles. The van der Waals surface area contributed by atoms with Gasteiger partial charge in [0.05, 0.1) is 18.4 Å². The standard InChI is InChI=1S/C21H14ClF3N6O3/c22-13-3-1-12(2-4-13)11-31-19(33)18(21(23,24)25)29-30-20(31)27-14-5-7-15(8-6-14)34-16-9-17(32)28-26-10-16/h1-10H,11H2,(H,27,30)(H,28,32). The topological polar surface area (TPSA) is 118 Å². The van der Waals surface area contributed by atoms with Crippen molar-refractivity contribution in [1.82, 2.24) is 25.0 Å². The molecule has 0 aliphatic carbocycles. The Morgan fingerprint density at radius 1 is 1.00 bits per heavy atom. The molecule has 2 heterocycles. The van der Waals surface area contributed by atoms with Gasteiger partial charge in [-0.25, -0.2) is 15.2 Å². The van der Waals surface area contributed by atoms with Gasteiger partial charge in [0.25, 0.3) is 11.1 Å². The fraction of sp³-hybridized carbons (Fsp3) is 0.0952. The van der Waals surface area contributed by atoms with E-state index in [2.05, 4.69) is 25.4 Å². The van der Waals surface area contributed by atoms with E-state index in [1.54, 1.807) is 24.3 Å². The highest BCUT2D eigenvalue weighted by molar-refractivity contribution is 6.30. The molecule has 0 bridgehead atoms. The second kappa shape index (κ2) is 9.35. The zero-order chi connectivity index (χ0) is 24.3. The van der Waals surface area contributed by atoms with Gasteiger partial charge in [0.1, 0.15) is 5.75 Å². The molecule has 34 heavy (non-hydrogen) atoms. The van der Waals surface area contributed by atoms with Crippen molar-refractivity contribution in [3.05, 3.63) is 103 Å². The maximum Gasteiger partial charge on any atom is 0.440 e. The molecule has 0 aliphatic heterocycles. The molecule has 2 N–H and O–H groups in total. The van der Waals surface area contributed by atoms with Crippen LogP contribution in [0, 0.1) is 0 Å². The summed E-state index contributed by atoms with van der Waals surface area (Å²) in [4.78, 5) is 28.1. The van der Waals surface area contributed by atoms with Crippen molar-refractivity contribution >= 4 is 17.3 Å². The Hall–Kier alpha value is -4.19. The zero-order valence-corrected chi connectivity index (χ0v) is 17.8. The minimum Gasteiger partial charge on any atom is -0.455 e. The zero-order valence-electron chi connectivity index (χ0n) is 17.0. The van der Waals surface area contributed by atoms with Gasteiger partial charge in [0, 0.05) is 11.1 Å². The summed E-state index contributed by atoms with van der Waals surface area (Å²) in [6.45, 7) is -0.201. The van der Waals surface area contributed by atoms with Gasteiger partial charge < -0.3 is 4.74 Å². The highest BCUT2D eigenvalue weighted by Gasteiger charge is 2.37. The number of hydrogen-bond acceptors (Lipinski definition) is 6. The third-order valence-electron chi connectivity index (χ3n) is 4.44. The van der Waals surface area contributed by atoms with Crippen molar-refractivity contribution in [3.63, 3.8) is 0 Å². The third kappa shape index (κ3) is 5.41. The fourth-order valence-corrected chi connectivity index (χ4v) is 3.01. The van der Waals surface area contributed by atoms with Crippen molar-refractivity contribution in [2.75, 3.05) is 0 Å². The van der Waals surface area contributed by atoms with Crippen LogP contribution in [-0.2, 0) is 12.7 Å². The Labute approximate surface area is 193 Å². The van der Waals surface area contributed by atoms with Crippen LogP contribution in [0.5, 0.6) is 11.5 Å². The lowest BCUT2D eigenvalue weighted by Crippen LogP contribution is -2.41. The number of nitrogens with one attached hydrogen (secondary N) is 2. The average molecular weight is 491 g/mol. The molecule has 0 saturated heterocycles. The van der Waals surface area contributed by atoms with E-state index in [4.69, 9.17) is 16.3 Å². The number of halogens is 4. The Kier molecular flexibility index (Phi) is 6.32. The SMILES string of the molecule is O=c1cc(Oc2ccc(/N=c3\[nH]nc(C(F)(F)F)c(=O)n3Cc3ccc(Cl)cc3)cc2)cn[nH]1. The van der Waals surface area contributed by atoms with E-state index in [1.165, 1.54) is 36.5 Å². The first-order valence-corrected chi connectivity index (χ1v) is 9.95. The van der Waals surface area contributed by atoms with Gasteiger partial charge in [0.15, 0.2) is 5.75 Å². The quantitative estimate of drug-likeness (QED) is 0.444. The lowest BCUT2D eigenvalue weighted by atomic mass is 10.2. The molecule has 0 radical (unpaired) electrons. The Morgan fingerprint density at radius 3 is 2.35 bits per heavy atom. The van der Waals surface area contributed by atoms with E-state index < -0.39 is 23.0 Å². The van der Waals surface area contributed by atoms with Crippen LogP contribution in [0.2, 0.25) is 5.02 Å². The molecule has 0 amide bonds. The normalized spacial score (nSPS) is 12.1. The average Bonchev–Trinajstić information content (AvgIpc) is 2.78. The maximum absolute atomic E-state index is 13.2. The van der Waals surface area contributed by atoms with Gasteiger partial charge >= 0.3 is 6.18 Å². The molecule has 0 saturated carbocycles. The molecule has 0 spiro atoms. The van der Waals surface area contributed by atoms with E-state index in [0.717, 1.165) is 4.57 Å². The Balaban J connectivity index is 1.71. The van der Waals surface area contributed by atoms with Crippen molar-refractivity contribution in [2.24, 2.45) is 4.99 Å². The largest absolute Gasteiger partial charge is 0.455 e. The molecular formula is C21H14ClF3N6O3. The summed E-state index contributed by atoms with van der Waals surface area (Å²) < 4.78 is 46.1. The molecular weight excluding hydrogens is 477 g/mol. The van der Waals surface area contributed by atoms with Gasteiger partial charge in [0.2, 0.25) is 11.3 Å². The van der Waals surface area contributed by atoms with Crippen molar-refractivity contribution in [2.45, 2.75) is 12.7 Å². The van der Waals surface area contributed by atoms with Crippen LogP contribution in [0.15, 0.2) is 75.4 Å². The molecule has 2 aromatic carbocycles. The highest BCUT2D eigenvalue weighted by atomic mass is 35.5. The van der Waals surface area contributed by atoms with Gasteiger partial charge in [-0.15, -0.1) is 0 Å². The monoisotopic (exact) mass is 490 g/mol. The van der Waals surface area contributed by atoms with Crippen LogP contribution >= 0.6 is 11.6 Å². The smallest absolute Gasteiger partial charge is 0.440 e. The summed E-state index contributed by atoms with van der Waals surface area (Å²) >= 11 is 5.86. The highest BCUT2D eigenvalue weighted by Crippen LogP contribution is 2.24. The predicted molar refractivity (Wildman–Crippen MR) is 115 cm³/mol. The number of alkyl halides is 3. The lowest BCUT2D eigenvalue weighted by molar-refractivity contribution is -0.143.